The number of aliphatic hydroxyl groups is 1. The SMILES string of the molecule is C[C@@H](O)CN1C2=C(C(=O)CC(C)(C)C2)C(c2cc(Br)ccc2O)C2=C1CC(C)(C)CC2=O. The Bertz CT molecular complexity index is 1010. The second-order valence-electron chi connectivity index (χ2n) is 11.2. The highest BCUT2D eigenvalue weighted by Crippen LogP contribution is 2.55. The molecule has 0 aromatic heterocycles. The number of rotatable bonds is 3. The van der Waals surface area contributed by atoms with E-state index in [1.54, 1.807) is 19.1 Å². The largest absolute Gasteiger partial charge is 0.508 e. The Morgan fingerprint density at radius 2 is 1.50 bits per heavy atom. The van der Waals surface area contributed by atoms with Crippen LogP contribution in [0.4, 0.5) is 0 Å². The van der Waals surface area contributed by atoms with Crippen LogP contribution < -0.4 is 0 Å². The number of allylic oxidation sites excluding steroid dienone is 4. The van der Waals surface area contributed by atoms with E-state index in [9.17, 15) is 19.8 Å². The Morgan fingerprint density at radius 3 is 1.97 bits per heavy atom. The number of nitrogens with zero attached hydrogens (tertiary/aromatic N) is 1. The maximum Gasteiger partial charge on any atom is 0.162 e. The fourth-order valence-corrected chi connectivity index (χ4v) is 5.98. The molecular weight excluding hydrogens is 470 g/mol. The molecule has 0 saturated carbocycles. The molecule has 1 atom stereocenters. The lowest BCUT2D eigenvalue weighted by atomic mass is 9.63. The maximum atomic E-state index is 13.6. The third-order valence-corrected chi connectivity index (χ3v) is 7.26. The standard InChI is InChI=1S/C26H32BrNO4/c1-14(29)13-28-17-9-25(2,3)11-20(31)23(17)22(16-8-15(27)6-7-19(16)30)24-18(28)10-26(4,5)12-21(24)32/h6-8,14,22,29-30H,9-13H2,1-5H3/t14-/m1/s1. The van der Waals surface area contributed by atoms with Crippen molar-refractivity contribution in [3.63, 3.8) is 0 Å². The van der Waals surface area contributed by atoms with Gasteiger partial charge in [0.1, 0.15) is 5.75 Å². The van der Waals surface area contributed by atoms with Crippen molar-refractivity contribution in [2.75, 3.05) is 6.54 Å². The summed E-state index contributed by atoms with van der Waals surface area (Å²) in [5.74, 6) is -0.480. The number of hydrogen-bond donors (Lipinski definition) is 2. The quantitative estimate of drug-likeness (QED) is 0.593. The van der Waals surface area contributed by atoms with Gasteiger partial charge in [-0.3, -0.25) is 9.59 Å². The summed E-state index contributed by atoms with van der Waals surface area (Å²) in [5.41, 5.74) is 3.13. The van der Waals surface area contributed by atoms with E-state index in [-0.39, 0.29) is 28.1 Å². The normalized spacial score (nSPS) is 23.9. The lowest BCUT2D eigenvalue weighted by Crippen LogP contribution is -2.46. The summed E-state index contributed by atoms with van der Waals surface area (Å²) in [5, 5.41) is 21.2. The third-order valence-electron chi connectivity index (χ3n) is 6.77. The topological polar surface area (TPSA) is 77.8 Å². The monoisotopic (exact) mass is 501 g/mol. The van der Waals surface area contributed by atoms with Crippen LogP contribution in [0.1, 0.15) is 71.8 Å². The van der Waals surface area contributed by atoms with Gasteiger partial charge in [0.05, 0.1) is 6.10 Å². The highest BCUT2D eigenvalue weighted by Gasteiger charge is 2.49. The number of Topliss-reactive ketones (excluding diaryl/α,β-unsaturated/α-hetero) is 2. The predicted molar refractivity (Wildman–Crippen MR) is 127 cm³/mol. The molecule has 0 saturated heterocycles. The molecule has 1 aromatic rings. The number of aliphatic hydroxyl groups excluding tert-OH is 1. The Kier molecular flexibility index (Phi) is 5.70. The summed E-state index contributed by atoms with van der Waals surface area (Å²) < 4.78 is 0.785. The van der Waals surface area contributed by atoms with Crippen LogP contribution >= 0.6 is 15.9 Å². The number of phenols is 1. The zero-order chi connectivity index (χ0) is 23.6. The van der Waals surface area contributed by atoms with Crippen LogP contribution in [0.25, 0.3) is 0 Å². The molecule has 2 aliphatic carbocycles. The van der Waals surface area contributed by atoms with E-state index in [0.29, 0.717) is 48.9 Å². The Hall–Kier alpha value is -1.92. The molecule has 1 aliphatic heterocycles. The van der Waals surface area contributed by atoms with Gasteiger partial charge in [-0.25, -0.2) is 0 Å². The van der Waals surface area contributed by atoms with Gasteiger partial charge < -0.3 is 15.1 Å². The first-order valence-corrected chi connectivity index (χ1v) is 12.1. The number of ketones is 2. The zero-order valence-corrected chi connectivity index (χ0v) is 21.0. The van der Waals surface area contributed by atoms with Crippen LogP contribution in [-0.4, -0.2) is 39.3 Å². The van der Waals surface area contributed by atoms with Crippen molar-refractivity contribution in [3.05, 3.63) is 50.8 Å². The minimum atomic E-state index is -0.617. The van der Waals surface area contributed by atoms with Crippen molar-refractivity contribution in [3.8, 4) is 5.75 Å². The molecular formula is C26H32BrNO4. The first-order chi connectivity index (χ1) is 14.8. The molecule has 1 aromatic carbocycles. The maximum absolute atomic E-state index is 13.6. The van der Waals surface area contributed by atoms with Gasteiger partial charge in [-0.1, -0.05) is 43.6 Å². The van der Waals surface area contributed by atoms with Gasteiger partial charge >= 0.3 is 0 Å². The van der Waals surface area contributed by atoms with Crippen LogP contribution in [-0.2, 0) is 9.59 Å². The summed E-state index contributed by atoms with van der Waals surface area (Å²) >= 11 is 3.49. The number of carbonyl (C=O) groups excluding carboxylic acids is 2. The summed E-state index contributed by atoms with van der Waals surface area (Å²) in [4.78, 5) is 29.2. The van der Waals surface area contributed by atoms with E-state index in [1.165, 1.54) is 0 Å². The fraction of sp³-hybridized carbons (Fsp3) is 0.538. The number of carbonyl (C=O) groups is 2. The molecule has 0 bridgehead atoms. The summed E-state index contributed by atoms with van der Waals surface area (Å²) in [6.07, 6.45) is 1.52. The molecule has 2 N–H and O–H groups in total. The average Bonchev–Trinajstić information content (AvgIpc) is 2.62. The fourth-order valence-electron chi connectivity index (χ4n) is 5.60. The summed E-state index contributed by atoms with van der Waals surface area (Å²) in [6.45, 7) is 10.4. The van der Waals surface area contributed by atoms with Crippen molar-refractivity contribution in [2.45, 2.75) is 72.3 Å². The molecule has 32 heavy (non-hydrogen) atoms. The van der Waals surface area contributed by atoms with Crippen LogP contribution in [0.15, 0.2) is 45.2 Å². The lowest BCUT2D eigenvalue weighted by Gasteiger charge is -2.49. The predicted octanol–water partition coefficient (Wildman–Crippen LogP) is 5.22. The van der Waals surface area contributed by atoms with Crippen molar-refractivity contribution >= 4 is 27.5 Å². The average molecular weight is 502 g/mol. The molecule has 0 unspecified atom stereocenters. The van der Waals surface area contributed by atoms with Crippen molar-refractivity contribution in [2.24, 2.45) is 10.8 Å². The Balaban J connectivity index is 2.04. The third kappa shape index (κ3) is 4.08. The van der Waals surface area contributed by atoms with Gasteiger partial charge in [0.15, 0.2) is 11.6 Å². The van der Waals surface area contributed by atoms with E-state index in [4.69, 9.17) is 0 Å². The lowest BCUT2D eigenvalue weighted by molar-refractivity contribution is -0.119. The zero-order valence-electron chi connectivity index (χ0n) is 19.5. The van der Waals surface area contributed by atoms with Gasteiger partial charge in [-0.15, -0.1) is 0 Å². The van der Waals surface area contributed by atoms with E-state index < -0.39 is 12.0 Å². The molecule has 4 rings (SSSR count). The minimum absolute atomic E-state index is 0.0143. The van der Waals surface area contributed by atoms with E-state index in [0.717, 1.165) is 15.9 Å². The van der Waals surface area contributed by atoms with Gasteiger partial charge in [0.25, 0.3) is 0 Å². The molecule has 0 fully saturated rings. The number of phenolic OH excluding ortho intramolecular Hbond substituents is 1. The smallest absolute Gasteiger partial charge is 0.162 e. The molecule has 0 amide bonds. The van der Waals surface area contributed by atoms with Crippen LogP contribution in [0.3, 0.4) is 0 Å². The van der Waals surface area contributed by atoms with Crippen molar-refractivity contribution < 1.29 is 19.8 Å². The molecule has 5 nitrogen and oxygen atoms in total. The van der Waals surface area contributed by atoms with Gasteiger partial charge in [0, 0.05) is 57.9 Å². The molecule has 1 heterocycles. The Morgan fingerprint density at radius 1 is 1.00 bits per heavy atom. The van der Waals surface area contributed by atoms with E-state index in [2.05, 4.69) is 48.5 Å². The van der Waals surface area contributed by atoms with Gasteiger partial charge in [-0.2, -0.15) is 0 Å². The minimum Gasteiger partial charge on any atom is -0.508 e. The summed E-state index contributed by atoms with van der Waals surface area (Å²) in [7, 11) is 0. The van der Waals surface area contributed by atoms with Crippen LogP contribution in [0.2, 0.25) is 0 Å². The molecule has 3 aliphatic rings. The molecule has 6 heteroatoms. The number of hydrogen-bond acceptors (Lipinski definition) is 5. The highest BCUT2D eigenvalue weighted by molar-refractivity contribution is 9.10. The van der Waals surface area contributed by atoms with Crippen LogP contribution in [0.5, 0.6) is 5.75 Å². The Labute approximate surface area is 198 Å². The van der Waals surface area contributed by atoms with E-state index >= 15 is 0 Å². The number of halogens is 1. The second kappa shape index (κ2) is 7.84. The first-order valence-electron chi connectivity index (χ1n) is 11.3. The number of β-amino-alcohol motifs (C(OH)–C–C–N with tert-alkyl or cyclic N) is 1. The van der Waals surface area contributed by atoms with Crippen molar-refractivity contribution in [1.29, 1.82) is 0 Å². The number of benzene rings is 1. The molecule has 0 radical (unpaired) electrons. The van der Waals surface area contributed by atoms with Gasteiger partial charge in [-0.05, 0) is 48.8 Å². The summed E-state index contributed by atoms with van der Waals surface area (Å²) in [6, 6.07) is 5.18. The van der Waals surface area contributed by atoms with E-state index in [1.807, 2.05) is 6.07 Å². The first kappa shape index (κ1) is 23.2. The molecule has 172 valence electrons. The van der Waals surface area contributed by atoms with Crippen molar-refractivity contribution in [1.82, 2.24) is 4.90 Å². The molecule has 0 spiro atoms. The van der Waals surface area contributed by atoms with Crippen LogP contribution in [0, 0.1) is 10.8 Å². The van der Waals surface area contributed by atoms with Gasteiger partial charge in [0.2, 0.25) is 0 Å². The number of aromatic hydroxyl groups is 1. The highest BCUT2D eigenvalue weighted by atomic mass is 79.9. The second-order valence-corrected chi connectivity index (χ2v) is 12.1.